The number of rotatable bonds is 3. The van der Waals surface area contributed by atoms with Crippen LogP contribution in [-0.4, -0.2) is 47.2 Å². The molecular weight excluding hydrogens is 440 g/mol. The van der Waals surface area contributed by atoms with Crippen LogP contribution in [0.15, 0.2) is 36.4 Å². The number of hydrogen-bond donors (Lipinski definition) is 1. The van der Waals surface area contributed by atoms with Gasteiger partial charge in [0.1, 0.15) is 11.3 Å². The van der Waals surface area contributed by atoms with Crippen LogP contribution >= 0.6 is 0 Å². The molecule has 0 radical (unpaired) electrons. The molecule has 174 valence electrons. The first-order chi connectivity index (χ1) is 16.3. The average Bonchev–Trinajstić information content (AvgIpc) is 3.52. The fourth-order valence-corrected chi connectivity index (χ4v) is 6.58. The average molecular weight is 462 g/mol. The summed E-state index contributed by atoms with van der Waals surface area (Å²) >= 11 is 0. The van der Waals surface area contributed by atoms with Crippen molar-refractivity contribution in [3.63, 3.8) is 0 Å². The minimum Gasteiger partial charge on any atom is -0.494 e. The van der Waals surface area contributed by atoms with E-state index in [0.29, 0.717) is 18.7 Å². The number of non-ortho nitro benzene ring substituents is 1. The van der Waals surface area contributed by atoms with E-state index in [2.05, 4.69) is 10.2 Å². The van der Waals surface area contributed by atoms with Gasteiger partial charge in [-0.3, -0.25) is 29.4 Å². The van der Waals surface area contributed by atoms with E-state index in [1.807, 2.05) is 25.1 Å². The van der Waals surface area contributed by atoms with Crippen molar-refractivity contribution in [2.45, 2.75) is 31.3 Å². The van der Waals surface area contributed by atoms with Crippen molar-refractivity contribution in [3.8, 4) is 5.75 Å². The Hall–Kier alpha value is -3.79. The number of nitro groups is 1. The molecular formula is C24H22N4O6. The van der Waals surface area contributed by atoms with Gasteiger partial charge in [-0.15, -0.1) is 0 Å². The highest BCUT2D eigenvalue weighted by Gasteiger charge is 2.74. The van der Waals surface area contributed by atoms with Gasteiger partial charge in [0.25, 0.3) is 5.69 Å². The van der Waals surface area contributed by atoms with Gasteiger partial charge in [0.05, 0.1) is 35.6 Å². The smallest absolute Gasteiger partial charge is 0.273 e. The van der Waals surface area contributed by atoms with Gasteiger partial charge < -0.3 is 10.1 Å². The number of aryl methyl sites for hydroxylation is 1. The molecule has 4 heterocycles. The fraction of sp³-hybridized carbons (Fsp3) is 0.375. The van der Waals surface area contributed by atoms with Crippen molar-refractivity contribution in [2.75, 3.05) is 23.9 Å². The molecule has 34 heavy (non-hydrogen) atoms. The second-order valence-electron chi connectivity index (χ2n) is 9.25. The molecule has 0 aliphatic carbocycles. The Balaban J connectivity index is 1.53. The van der Waals surface area contributed by atoms with Crippen LogP contribution in [0.3, 0.4) is 0 Å². The summed E-state index contributed by atoms with van der Waals surface area (Å²) in [6.07, 6.45) is 1.54. The van der Waals surface area contributed by atoms with Gasteiger partial charge in [0.15, 0.2) is 0 Å². The summed E-state index contributed by atoms with van der Waals surface area (Å²) in [5.74, 6) is -2.69. The first-order valence-corrected chi connectivity index (χ1v) is 11.2. The predicted octanol–water partition coefficient (Wildman–Crippen LogP) is 2.34. The monoisotopic (exact) mass is 462 g/mol. The van der Waals surface area contributed by atoms with Gasteiger partial charge in [-0.1, -0.05) is 18.2 Å². The third-order valence-electron chi connectivity index (χ3n) is 7.85. The molecule has 2 aromatic carbocycles. The minimum atomic E-state index is -1.26. The SMILES string of the molecule is COc1cc([N+](=O)[O-])ccc1N1C(=O)C2C3CCCN3C3(C(=O)Nc4c(C)cccc43)C2C1=O. The quantitative estimate of drug-likeness (QED) is 0.422. The minimum absolute atomic E-state index is 0.0559. The van der Waals surface area contributed by atoms with Crippen molar-refractivity contribution < 1.29 is 24.0 Å². The summed E-state index contributed by atoms with van der Waals surface area (Å²) in [6.45, 7) is 2.53. The lowest BCUT2D eigenvalue weighted by Crippen LogP contribution is -2.54. The Morgan fingerprint density at radius 2 is 1.97 bits per heavy atom. The number of para-hydroxylation sites is 1. The molecule has 3 fully saturated rings. The number of hydrogen-bond acceptors (Lipinski definition) is 7. The maximum absolute atomic E-state index is 14.0. The molecule has 0 aromatic heterocycles. The lowest BCUT2D eigenvalue weighted by molar-refractivity contribution is -0.384. The van der Waals surface area contributed by atoms with E-state index in [1.165, 1.54) is 25.3 Å². The summed E-state index contributed by atoms with van der Waals surface area (Å²) in [6, 6.07) is 9.19. The zero-order chi connectivity index (χ0) is 23.9. The van der Waals surface area contributed by atoms with E-state index in [-0.39, 0.29) is 29.1 Å². The lowest BCUT2D eigenvalue weighted by Gasteiger charge is -2.36. The van der Waals surface area contributed by atoms with Gasteiger partial charge in [0, 0.05) is 23.4 Å². The van der Waals surface area contributed by atoms with Crippen molar-refractivity contribution in [3.05, 3.63) is 57.6 Å². The number of anilines is 2. The number of ether oxygens (including phenoxy) is 1. The van der Waals surface area contributed by atoms with Crippen LogP contribution in [0.2, 0.25) is 0 Å². The molecule has 1 spiro atoms. The van der Waals surface area contributed by atoms with Gasteiger partial charge in [-0.2, -0.15) is 0 Å². The van der Waals surface area contributed by atoms with Crippen molar-refractivity contribution in [1.82, 2.24) is 4.90 Å². The van der Waals surface area contributed by atoms with E-state index in [0.717, 1.165) is 22.4 Å². The zero-order valence-electron chi connectivity index (χ0n) is 18.6. The molecule has 4 unspecified atom stereocenters. The van der Waals surface area contributed by atoms with E-state index >= 15 is 0 Å². The third-order valence-corrected chi connectivity index (χ3v) is 7.85. The second kappa shape index (κ2) is 6.86. The van der Waals surface area contributed by atoms with Crippen LogP contribution in [0, 0.1) is 28.9 Å². The molecule has 4 aliphatic rings. The molecule has 0 bridgehead atoms. The highest BCUT2D eigenvalue weighted by molar-refractivity contribution is 6.26. The number of nitrogens with zero attached hydrogens (tertiary/aromatic N) is 3. The van der Waals surface area contributed by atoms with Gasteiger partial charge in [0.2, 0.25) is 17.7 Å². The number of nitro benzene ring substituents is 1. The van der Waals surface area contributed by atoms with Crippen molar-refractivity contribution >= 4 is 34.8 Å². The first kappa shape index (κ1) is 20.8. The van der Waals surface area contributed by atoms with Crippen molar-refractivity contribution in [2.24, 2.45) is 11.8 Å². The van der Waals surface area contributed by atoms with Gasteiger partial charge >= 0.3 is 0 Å². The maximum Gasteiger partial charge on any atom is 0.273 e. The van der Waals surface area contributed by atoms with Crippen LogP contribution in [-0.2, 0) is 19.9 Å². The highest BCUT2D eigenvalue weighted by Crippen LogP contribution is 2.61. The fourth-order valence-electron chi connectivity index (χ4n) is 6.58. The van der Waals surface area contributed by atoms with Crippen molar-refractivity contribution in [1.29, 1.82) is 0 Å². The highest BCUT2D eigenvalue weighted by atomic mass is 16.6. The first-order valence-electron chi connectivity index (χ1n) is 11.2. The van der Waals surface area contributed by atoms with Crippen LogP contribution in [0.5, 0.6) is 5.75 Å². The van der Waals surface area contributed by atoms with E-state index in [9.17, 15) is 24.5 Å². The summed E-state index contributed by atoms with van der Waals surface area (Å²) in [5, 5.41) is 14.2. The Labute approximate surface area is 194 Å². The van der Waals surface area contributed by atoms with E-state index in [1.54, 1.807) is 0 Å². The topological polar surface area (TPSA) is 122 Å². The molecule has 0 saturated carbocycles. The molecule has 4 atom stereocenters. The zero-order valence-corrected chi connectivity index (χ0v) is 18.6. The van der Waals surface area contributed by atoms with Gasteiger partial charge in [-0.05, 0) is 37.9 Å². The number of carbonyl (C=O) groups is 3. The third kappa shape index (κ3) is 2.30. The normalized spacial score (nSPS) is 29.4. The second-order valence-corrected chi connectivity index (χ2v) is 9.25. The molecule has 1 N–H and O–H groups in total. The van der Waals surface area contributed by atoms with Crippen LogP contribution in [0.25, 0.3) is 0 Å². The Kier molecular flexibility index (Phi) is 4.20. The maximum atomic E-state index is 14.0. The van der Waals surface area contributed by atoms with Crippen LogP contribution < -0.4 is 15.0 Å². The Morgan fingerprint density at radius 3 is 2.71 bits per heavy atom. The molecule has 2 aromatic rings. The molecule has 3 saturated heterocycles. The summed E-state index contributed by atoms with van der Waals surface area (Å²) in [5.41, 5.74) is 1.01. The number of benzene rings is 2. The number of fused-ring (bicyclic) bond motifs is 7. The lowest BCUT2D eigenvalue weighted by atomic mass is 9.75. The number of carbonyl (C=O) groups excluding carboxylic acids is 3. The molecule has 10 heteroatoms. The number of nitrogens with one attached hydrogen (secondary N) is 1. The summed E-state index contributed by atoms with van der Waals surface area (Å²) in [7, 11) is 1.33. The molecule has 3 amide bonds. The van der Waals surface area contributed by atoms with Gasteiger partial charge in [-0.25, -0.2) is 4.90 Å². The van der Waals surface area contributed by atoms with Crippen LogP contribution in [0.4, 0.5) is 17.1 Å². The summed E-state index contributed by atoms with van der Waals surface area (Å²) in [4.78, 5) is 55.3. The standard InChI is InChI=1S/C24H22N4O6/c1-12-5-3-6-14-20(12)25-23(31)24(14)19-18(16-7-4-10-26(16)24)21(29)27(22(19)30)15-9-8-13(28(32)33)11-17(15)34-2/h3,5-6,8-9,11,16,18-19H,4,7,10H2,1-2H3,(H,25,31). The molecule has 4 aliphatic heterocycles. The number of amides is 3. The number of imide groups is 1. The van der Waals surface area contributed by atoms with E-state index in [4.69, 9.17) is 4.74 Å². The Morgan fingerprint density at radius 1 is 1.18 bits per heavy atom. The number of methoxy groups -OCH3 is 1. The Bertz CT molecular complexity index is 1310. The largest absolute Gasteiger partial charge is 0.494 e. The summed E-state index contributed by atoms with van der Waals surface area (Å²) < 4.78 is 5.32. The molecule has 6 rings (SSSR count). The van der Waals surface area contributed by atoms with E-state index < -0.39 is 34.1 Å². The predicted molar refractivity (Wildman–Crippen MR) is 120 cm³/mol. The molecule has 10 nitrogen and oxygen atoms in total. The van der Waals surface area contributed by atoms with Crippen LogP contribution in [0.1, 0.15) is 24.0 Å².